The van der Waals surface area contributed by atoms with Crippen molar-refractivity contribution in [1.29, 1.82) is 0 Å². The van der Waals surface area contributed by atoms with Crippen LogP contribution in [-0.4, -0.2) is 61.9 Å². The predicted molar refractivity (Wildman–Crippen MR) is 82.4 cm³/mol. The lowest BCUT2D eigenvalue weighted by atomic mass is 10.1. The normalized spacial score (nSPS) is 25.3. The van der Waals surface area contributed by atoms with Gasteiger partial charge in [-0.1, -0.05) is 0 Å². The second-order valence-corrected chi connectivity index (χ2v) is 8.75. The third-order valence-corrected chi connectivity index (χ3v) is 6.84. The average Bonchev–Trinajstić information content (AvgIpc) is 3.04. The molecule has 21 heavy (non-hydrogen) atoms. The third kappa shape index (κ3) is 3.21. The van der Waals surface area contributed by atoms with Crippen molar-refractivity contribution in [3.05, 3.63) is 11.1 Å². The molecule has 0 radical (unpaired) electrons. The molecule has 0 aliphatic carbocycles. The van der Waals surface area contributed by atoms with Gasteiger partial charge >= 0.3 is 0 Å². The second-order valence-electron chi connectivity index (χ2n) is 5.68. The van der Waals surface area contributed by atoms with Crippen molar-refractivity contribution in [2.24, 2.45) is 5.92 Å². The summed E-state index contributed by atoms with van der Waals surface area (Å²) in [7, 11) is -3.00. The Kier molecular flexibility index (Phi) is 3.92. The maximum Gasteiger partial charge on any atom is 0.226 e. The Morgan fingerprint density at radius 3 is 2.57 bits per heavy atom. The molecule has 1 amide bonds. The standard InChI is InChI=1S/C13H19N3O3S2/c1-10-8-20-13(14-10)16-5-3-15(4-6-16)12(17)11-2-7-21(18,19)9-11/h8,11H,2-7,9H2,1H3/t11-/m1/s1. The first-order valence-electron chi connectivity index (χ1n) is 7.11. The SMILES string of the molecule is Cc1csc(N2CCN(C(=O)[C@@H]3CCS(=O)(=O)C3)CC2)n1. The predicted octanol–water partition coefficient (Wildman–Crippen LogP) is 0.535. The summed E-state index contributed by atoms with van der Waals surface area (Å²) in [6.45, 7) is 4.79. The fourth-order valence-electron chi connectivity index (χ4n) is 2.85. The zero-order valence-corrected chi connectivity index (χ0v) is 13.6. The zero-order valence-electron chi connectivity index (χ0n) is 12.0. The molecule has 0 spiro atoms. The van der Waals surface area contributed by atoms with Crippen LogP contribution in [0.4, 0.5) is 5.13 Å². The van der Waals surface area contributed by atoms with Crippen LogP contribution in [0.5, 0.6) is 0 Å². The van der Waals surface area contributed by atoms with Crippen molar-refractivity contribution in [1.82, 2.24) is 9.88 Å². The average molecular weight is 329 g/mol. The number of amides is 1. The second kappa shape index (κ2) is 5.57. The van der Waals surface area contributed by atoms with Crippen molar-refractivity contribution in [3.63, 3.8) is 0 Å². The van der Waals surface area contributed by atoms with E-state index in [9.17, 15) is 13.2 Å². The molecule has 2 aliphatic rings. The number of sulfone groups is 1. The van der Waals surface area contributed by atoms with Gasteiger partial charge in [0.2, 0.25) is 5.91 Å². The Morgan fingerprint density at radius 2 is 2.05 bits per heavy atom. The van der Waals surface area contributed by atoms with Gasteiger partial charge < -0.3 is 9.80 Å². The van der Waals surface area contributed by atoms with Crippen molar-refractivity contribution in [2.75, 3.05) is 42.6 Å². The first-order chi connectivity index (χ1) is 9.94. The summed E-state index contributed by atoms with van der Waals surface area (Å²) in [6, 6.07) is 0. The van der Waals surface area contributed by atoms with E-state index in [1.54, 1.807) is 11.3 Å². The highest BCUT2D eigenvalue weighted by Crippen LogP contribution is 2.24. The molecular weight excluding hydrogens is 310 g/mol. The summed E-state index contributed by atoms with van der Waals surface area (Å²) in [5.74, 6) is -0.144. The molecular formula is C13H19N3O3S2. The van der Waals surface area contributed by atoms with Gasteiger partial charge in [-0.3, -0.25) is 4.79 Å². The van der Waals surface area contributed by atoms with Gasteiger partial charge in [0.15, 0.2) is 15.0 Å². The van der Waals surface area contributed by atoms with E-state index in [0.717, 1.165) is 23.9 Å². The van der Waals surface area contributed by atoms with E-state index < -0.39 is 9.84 Å². The van der Waals surface area contributed by atoms with E-state index >= 15 is 0 Å². The van der Waals surface area contributed by atoms with Gasteiger partial charge in [0.25, 0.3) is 0 Å². The van der Waals surface area contributed by atoms with Gasteiger partial charge in [0.1, 0.15) is 0 Å². The summed E-state index contributed by atoms with van der Waals surface area (Å²) in [4.78, 5) is 20.8. The van der Waals surface area contributed by atoms with Crippen LogP contribution in [-0.2, 0) is 14.6 Å². The number of aromatic nitrogens is 1. The molecule has 0 N–H and O–H groups in total. The van der Waals surface area contributed by atoms with Crippen LogP contribution in [0.2, 0.25) is 0 Å². The fraction of sp³-hybridized carbons (Fsp3) is 0.692. The van der Waals surface area contributed by atoms with Crippen LogP contribution >= 0.6 is 11.3 Å². The molecule has 0 saturated carbocycles. The first kappa shape index (κ1) is 14.8. The lowest BCUT2D eigenvalue weighted by molar-refractivity contribution is -0.135. The fourth-order valence-corrected chi connectivity index (χ4v) is 5.44. The molecule has 2 aliphatic heterocycles. The van der Waals surface area contributed by atoms with Gasteiger partial charge in [0, 0.05) is 31.6 Å². The van der Waals surface area contributed by atoms with E-state index in [2.05, 4.69) is 9.88 Å². The van der Waals surface area contributed by atoms with E-state index in [1.807, 2.05) is 17.2 Å². The minimum atomic E-state index is -3.00. The molecule has 1 atom stereocenters. The molecule has 1 aromatic rings. The number of piperazine rings is 1. The molecule has 3 rings (SSSR count). The first-order valence-corrected chi connectivity index (χ1v) is 9.81. The highest BCUT2D eigenvalue weighted by atomic mass is 32.2. The number of rotatable bonds is 2. The number of nitrogens with zero attached hydrogens (tertiary/aromatic N) is 3. The quantitative estimate of drug-likeness (QED) is 0.792. The van der Waals surface area contributed by atoms with Gasteiger partial charge in [-0.15, -0.1) is 11.3 Å². The lowest BCUT2D eigenvalue weighted by Gasteiger charge is -2.35. The van der Waals surface area contributed by atoms with E-state index in [4.69, 9.17) is 0 Å². The van der Waals surface area contributed by atoms with Crippen molar-refractivity contribution in [2.45, 2.75) is 13.3 Å². The number of anilines is 1. The van der Waals surface area contributed by atoms with Crippen LogP contribution in [0.1, 0.15) is 12.1 Å². The number of carbonyl (C=O) groups is 1. The molecule has 116 valence electrons. The zero-order chi connectivity index (χ0) is 15.0. The number of thiazole rings is 1. The molecule has 0 unspecified atom stereocenters. The summed E-state index contributed by atoms with van der Waals surface area (Å²) in [5.41, 5.74) is 1.02. The van der Waals surface area contributed by atoms with E-state index in [0.29, 0.717) is 19.5 Å². The molecule has 0 bridgehead atoms. The molecule has 0 aromatic carbocycles. The van der Waals surface area contributed by atoms with Crippen LogP contribution in [0, 0.1) is 12.8 Å². The molecule has 6 nitrogen and oxygen atoms in total. The summed E-state index contributed by atoms with van der Waals surface area (Å²) in [6.07, 6.45) is 0.479. The largest absolute Gasteiger partial charge is 0.345 e. The maximum atomic E-state index is 12.4. The Bertz CT molecular complexity index is 633. The molecule has 2 fully saturated rings. The van der Waals surface area contributed by atoms with Crippen molar-refractivity contribution >= 4 is 32.2 Å². The Morgan fingerprint density at radius 1 is 1.33 bits per heavy atom. The minimum Gasteiger partial charge on any atom is -0.345 e. The van der Waals surface area contributed by atoms with Gasteiger partial charge in [-0.25, -0.2) is 13.4 Å². The monoisotopic (exact) mass is 329 g/mol. The number of aryl methyl sites for hydroxylation is 1. The van der Waals surface area contributed by atoms with E-state index in [1.165, 1.54) is 0 Å². The maximum absolute atomic E-state index is 12.4. The smallest absolute Gasteiger partial charge is 0.226 e. The Labute approximate surface area is 128 Å². The Balaban J connectivity index is 1.57. The van der Waals surface area contributed by atoms with Crippen LogP contribution in [0.15, 0.2) is 5.38 Å². The molecule has 3 heterocycles. The van der Waals surface area contributed by atoms with Crippen LogP contribution < -0.4 is 4.90 Å². The summed E-state index contributed by atoms with van der Waals surface area (Å²) >= 11 is 1.62. The molecule has 2 saturated heterocycles. The van der Waals surface area contributed by atoms with Crippen LogP contribution in [0.3, 0.4) is 0 Å². The van der Waals surface area contributed by atoms with Gasteiger partial charge in [0.05, 0.1) is 23.1 Å². The summed E-state index contributed by atoms with van der Waals surface area (Å²) < 4.78 is 23.0. The lowest BCUT2D eigenvalue weighted by Crippen LogP contribution is -2.50. The highest BCUT2D eigenvalue weighted by molar-refractivity contribution is 7.91. The van der Waals surface area contributed by atoms with Crippen molar-refractivity contribution < 1.29 is 13.2 Å². The van der Waals surface area contributed by atoms with Gasteiger partial charge in [-0.05, 0) is 13.3 Å². The summed E-state index contributed by atoms with van der Waals surface area (Å²) in [5, 5.41) is 3.03. The highest BCUT2D eigenvalue weighted by Gasteiger charge is 2.36. The van der Waals surface area contributed by atoms with Crippen molar-refractivity contribution in [3.8, 4) is 0 Å². The topological polar surface area (TPSA) is 70.6 Å². The number of carbonyl (C=O) groups excluding carboxylic acids is 1. The molecule has 8 heteroatoms. The van der Waals surface area contributed by atoms with Gasteiger partial charge in [-0.2, -0.15) is 0 Å². The van der Waals surface area contributed by atoms with Crippen LogP contribution in [0.25, 0.3) is 0 Å². The Hall–Kier alpha value is -1.15. The number of hydrogen-bond donors (Lipinski definition) is 0. The minimum absolute atomic E-state index is 0.00560. The molecule has 1 aromatic heterocycles. The van der Waals surface area contributed by atoms with E-state index in [-0.39, 0.29) is 23.3 Å². The third-order valence-electron chi connectivity index (χ3n) is 4.05. The number of hydrogen-bond acceptors (Lipinski definition) is 6.